The highest BCUT2D eigenvalue weighted by molar-refractivity contribution is 6.43. The van der Waals surface area contributed by atoms with Crippen LogP contribution in [-0.2, 0) is 14.4 Å². The van der Waals surface area contributed by atoms with E-state index < -0.39 is 0 Å². The first-order valence-electron chi connectivity index (χ1n) is 7.08. The molecular formula is C13H18N4O3. The third-order valence-corrected chi connectivity index (χ3v) is 3.97. The summed E-state index contributed by atoms with van der Waals surface area (Å²) in [6, 6.07) is 0.164. The molecule has 3 rings (SSSR count). The van der Waals surface area contributed by atoms with Crippen molar-refractivity contribution in [3.05, 3.63) is 0 Å². The van der Waals surface area contributed by atoms with Gasteiger partial charge < -0.3 is 10.2 Å². The molecule has 3 aliphatic rings. The highest BCUT2D eigenvalue weighted by atomic mass is 16.2. The summed E-state index contributed by atoms with van der Waals surface area (Å²) in [7, 11) is 0. The van der Waals surface area contributed by atoms with Gasteiger partial charge in [-0.3, -0.25) is 14.4 Å². The molecule has 7 nitrogen and oxygen atoms in total. The fraction of sp³-hybridized carbons (Fsp3) is 0.692. The first kappa shape index (κ1) is 13.1. The second-order valence-corrected chi connectivity index (χ2v) is 5.62. The van der Waals surface area contributed by atoms with E-state index in [4.69, 9.17) is 0 Å². The first-order chi connectivity index (χ1) is 9.63. The summed E-state index contributed by atoms with van der Waals surface area (Å²) < 4.78 is 0. The molecule has 3 amide bonds. The number of hydrogen-bond acceptors (Lipinski definition) is 4. The molecule has 0 spiro atoms. The van der Waals surface area contributed by atoms with Gasteiger partial charge in [-0.05, 0) is 25.7 Å². The number of likely N-dealkylation sites (tertiary alicyclic amines) is 1. The number of rotatable bonds is 3. The van der Waals surface area contributed by atoms with Crippen LogP contribution >= 0.6 is 0 Å². The minimum atomic E-state index is -0.236. The molecule has 0 bridgehead atoms. The Morgan fingerprint density at radius 1 is 1.20 bits per heavy atom. The number of amides is 3. The van der Waals surface area contributed by atoms with E-state index in [1.807, 2.05) is 0 Å². The molecule has 0 aromatic carbocycles. The molecule has 0 atom stereocenters. The van der Waals surface area contributed by atoms with Gasteiger partial charge in [-0.25, -0.2) is 5.43 Å². The number of carbonyl (C=O) groups excluding carboxylic acids is 3. The largest absolute Gasteiger partial charge is 0.353 e. The summed E-state index contributed by atoms with van der Waals surface area (Å²) >= 11 is 0. The fourth-order valence-electron chi connectivity index (χ4n) is 2.56. The predicted molar refractivity (Wildman–Crippen MR) is 70.7 cm³/mol. The molecular weight excluding hydrogens is 260 g/mol. The summed E-state index contributed by atoms with van der Waals surface area (Å²) in [5.41, 5.74) is 2.58. The smallest absolute Gasteiger partial charge is 0.270 e. The van der Waals surface area contributed by atoms with E-state index in [0.717, 1.165) is 25.7 Å². The number of hydrazone groups is 1. The van der Waals surface area contributed by atoms with Gasteiger partial charge in [0.05, 0.1) is 6.42 Å². The Labute approximate surface area is 116 Å². The molecule has 0 radical (unpaired) electrons. The van der Waals surface area contributed by atoms with Gasteiger partial charge in [0.1, 0.15) is 5.71 Å². The molecule has 20 heavy (non-hydrogen) atoms. The van der Waals surface area contributed by atoms with E-state index in [-0.39, 0.29) is 41.8 Å². The van der Waals surface area contributed by atoms with Gasteiger partial charge in [0.25, 0.3) is 5.91 Å². The number of nitrogens with one attached hydrogen (secondary N) is 2. The van der Waals surface area contributed by atoms with Crippen LogP contribution in [0.5, 0.6) is 0 Å². The van der Waals surface area contributed by atoms with E-state index in [9.17, 15) is 14.4 Å². The van der Waals surface area contributed by atoms with Crippen molar-refractivity contribution in [2.75, 3.05) is 13.1 Å². The third kappa shape index (κ3) is 2.81. The van der Waals surface area contributed by atoms with Gasteiger partial charge in [0.2, 0.25) is 11.8 Å². The quantitative estimate of drug-likeness (QED) is 0.721. The molecule has 1 saturated heterocycles. The number of piperidine rings is 1. The van der Waals surface area contributed by atoms with Crippen LogP contribution in [0, 0.1) is 5.92 Å². The lowest BCUT2D eigenvalue weighted by molar-refractivity contribution is -0.126. The molecule has 1 saturated carbocycles. The van der Waals surface area contributed by atoms with Crippen LogP contribution in [-0.4, -0.2) is 47.5 Å². The maximum absolute atomic E-state index is 12.1. The molecule has 108 valence electrons. The van der Waals surface area contributed by atoms with Gasteiger partial charge in [0, 0.05) is 25.0 Å². The van der Waals surface area contributed by atoms with Crippen LogP contribution in [0.3, 0.4) is 0 Å². The van der Waals surface area contributed by atoms with Crippen LogP contribution in [0.15, 0.2) is 5.10 Å². The number of hydrogen-bond donors (Lipinski definition) is 2. The van der Waals surface area contributed by atoms with Crippen molar-refractivity contribution >= 4 is 23.4 Å². The first-order valence-corrected chi connectivity index (χ1v) is 7.08. The number of carbonyl (C=O) groups is 3. The minimum Gasteiger partial charge on any atom is -0.353 e. The SMILES string of the molecule is O=C1CC(C(=O)N2CCC(NC(=O)C3CC3)CC2)=NN1. The number of nitrogens with zero attached hydrogens (tertiary/aromatic N) is 2. The molecule has 0 aromatic rings. The Balaban J connectivity index is 1.47. The minimum absolute atomic E-state index is 0.0666. The van der Waals surface area contributed by atoms with Crippen molar-refractivity contribution in [2.45, 2.75) is 38.1 Å². The second-order valence-electron chi connectivity index (χ2n) is 5.62. The Morgan fingerprint density at radius 3 is 2.45 bits per heavy atom. The summed E-state index contributed by atoms with van der Waals surface area (Å²) in [6.07, 6.45) is 3.60. The fourth-order valence-corrected chi connectivity index (χ4v) is 2.56. The van der Waals surface area contributed by atoms with E-state index in [1.54, 1.807) is 4.90 Å². The van der Waals surface area contributed by atoms with Crippen molar-refractivity contribution in [2.24, 2.45) is 11.0 Å². The predicted octanol–water partition coefficient (Wildman–Crippen LogP) is -0.620. The van der Waals surface area contributed by atoms with Crippen molar-refractivity contribution < 1.29 is 14.4 Å². The van der Waals surface area contributed by atoms with Gasteiger partial charge >= 0.3 is 0 Å². The van der Waals surface area contributed by atoms with Crippen LogP contribution < -0.4 is 10.7 Å². The maximum atomic E-state index is 12.1. The molecule has 2 heterocycles. The Bertz CT molecular complexity index is 476. The standard InChI is InChI=1S/C13H18N4O3/c18-11-7-10(15-16-11)13(20)17-5-3-9(4-6-17)14-12(19)8-1-2-8/h8-9H,1-7H2,(H,14,19)(H,16,18). The second kappa shape index (κ2) is 5.22. The van der Waals surface area contributed by atoms with Gasteiger partial charge in [-0.15, -0.1) is 0 Å². The third-order valence-electron chi connectivity index (χ3n) is 3.97. The Hall–Kier alpha value is -1.92. The summed E-state index contributed by atoms with van der Waals surface area (Å²) in [5.74, 6) is -0.0282. The van der Waals surface area contributed by atoms with Crippen molar-refractivity contribution in [1.82, 2.24) is 15.6 Å². The molecule has 1 aliphatic carbocycles. The Kier molecular flexibility index (Phi) is 3.42. The van der Waals surface area contributed by atoms with Crippen molar-refractivity contribution in [3.8, 4) is 0 Å². The highest BCUT2D eigenvalue weighted by Gasteiger charge is 2.33. The normalized spacial score (nSPS) is 23.3. The molecule has 2 aliphatic heterocycles. The molecule has 7 heteroatoms. The lowest BCUT2D eigenvalue weighted by Gasteiger charge is -2.32. The lowest BCUT2D eigenvalue weighted by atomic mass is 10.0. The summed E-state index contributed by atoms with van der Waals surface area (Å²) in [4.78, 5) is 36.5. The van der Waals surface area contributed by atoms with E-state index in [2.05, 4.69) is 15.8 Å². The summed E-state index contributed by atoms with van der Waals surface area (Å²) in [6.45, 7) is 1.20. The van der Waals surface area contributed by atoms with Gasteiger partial charge in [-0.1, -0.05) is 0 Å². The zero-order valence-electron chi connectivity index (χ0n) is 11.2. The van der Waals surface area contributed by atoms with Crippen LogP contribution in [0.25, 0.3) is 0 Å². The van der Waals surface area contributed by atoms with Crippen LogP contribution in [0.4, 0.5) is 0 Å². The molecule has 2 N–H and O–H groups in total. The van der Waals surface area contributed by atoms with E-state index in [0.29, 0.717) is 13.1 Å². The average molecular weight is 278 g/mol. The zero-order valence-corrected chi connectivity index (χ0v) is 11.2. The lowest BCUT2D eigenvalue weighted by Crippen LogP contribution is -2.48. The van der Waals surface area contributed by atoms with Gasteiger partial charge in [-0.2, -0.15) is 5.10 Å². The topological polar surface area (TPSA) is 90.9 Å². The van der Waals surface area contributed by atoms with Crippen LogP contribution in [0.2, 0.25) is 0 Å². The molecule has 2 fully saturated rings. The average Bonchev–Trinajstić information content (AvgIpc) is 3.21. The van der Waals surface area contributed by atoms with E-state index in [1.165, 1.54) is 0 Å². The maximum Gasteiger partial charge on any atom is 0.270 e. The van der Waals surface area contributed by atoms with Crippen LogP contribution in [0.1, 0.15) is 32.1 Å². The molecule has 0 aromatic heterocycles. The van der Waals surface area contributed by atoms with Crippen molar-refractivity contribution in [1.29, 1.82) is 0 Å². The van der Waals surface area contributed by atoms with Crippen molar-refractivity contribution in [3.63, 3.8) is 0 Å². The zero-order chi connectivity index (χ0) is 14.1. The highest BCUT2D eigenvalue weighted by Crippen LogP contribution is 2.29. The summed E-state index contributed by atoms with van der Waals surface area (Å²) in [5, 5.41) is 6.79. The van der Waals surface area contributed by atoms with E-state index >= 15 is 0 Å². The van der Waals surface area contributed by atoms with Gasteiger partial charge in [0.15, 0.2) is 0 Å². The monoisotopic (exact) mass is 278 g/mol. The Morgan fingerprint density at radius 2 is 1.90 bits per heavy atom. The molecule has 0 unspecified atom stereocenters.